The minimum absolute atomic E-state index is 0. The zero-order valence-corrected chi connectivity index (χ0v) is 8.71. The van der Waals surface area contributed by atoms with E-state index in [1.165, 1.54) is 0 Å². The molecule has 0 fully saturated rings. The van der Waals surface area contributed by atoms with Crippen LogP contribution in [0.1, 0.15) is 18.6 Å². The standard InChI is InChI=1S/C10H15NO.ClH/c1-8(11-2)10(12)9-6-4-3-5-7-9;/h3-8,10-12H,1-2H3;1H/t8?,10-;/m1./s1. The molecular weight excluding hydrogens is 186 g/mol. The predicted octanol–water partition coefficient (Wildman–Crippen LogP) is 1.75. The van der Waals surface area contributed by atoms with E-state index in [0.717, 1.165) is 5.56 Å². The second-order valence-corrected chi connectivity index (χ2v) is 2.93. The molecule has 0 aliphatic rings. The van der Waals surface area contributed by atoms with E-state index in [2.05, 4.69) is 5.32 Å². The SMILES string of the molecule is CNC(C)[C@@H](O)c1ccccc1.Cl. The highest BCUT2D eigenvalue weighted by molar-refractivity contribution is 5.85. The largest absolute Gasteiger partial charge is 0.387 e. The van der Waals surface area contributed by atoms with Crippen molar-refractivity contribution in [2.45, 2.75) is 19.1 Å². The van der Waals surface area contributed by atoms with Gasteiger partial charge in [0.1, 0.15) is 0 Å². The molecule has 0 spiro atoms. The van der Waals surface area contributed by atoms with Crippen molar-refractivity contribution in [1.82, 2.24) is 5.32 Å². The highest BCUT2D eigenvalue weighted by Gasteiger charge is 2.12. The van der Waals surface area contributed by atoms with E-state index < -0.39 is 6.10 Å². The smallest absolute Gasteiger partial charge is 0.0940 e. The normalized spacial score (nSPS) is 14.4. The molecule has 0 bridgehead atoms. The lowest BCUT2D eigenvalue weighted by Crippen LogP contribution is -2.28. The Kier molecular flexibility index (Phi) is 5.71. The van der Waals surface area contributed by atoms with Crippen molar-refractivity contribution in [3.8, 4) is 0 Å². The van der Waals surface area contributed by atoms with Crippen LogP contribution in [0.5, 0.6) is 0 Å². The molecule has 1 aromatic rings. The number of aliphatic hydroxyl groups is 1. The van der Waals surface area contributed by atoms with Crippen molar-refractivity contribution in [3.63, 3.8) is 0 Å². The summed E-state index contributed by atoms with van der Waals surface area (Å²) in [6.07, 6.45) is -0.420. The van der Waals surface area contributed by atoms with Crippen LogP contribution in [0.25, 0.3) is 0 Å². The number of benzene rings is 1. The molecule has 1 aromatic carbocycles. The second-order valence-electron chi connectivity index (χ2n) is 2.93. The number of nitrogens with one attached hydrogen (secondary N) is 1. The molecule has 0 amide bonds. The highest BCUT2D eigenvalue weighted by atomic mass is 35.5. The first kappa shape index (κ1) is 12.4. The van der Waals surface area contributed by atoms with Crippen LogP contribution in [0.4, 0.5) is 0 Å². The Morgan fingerprint density at radius 1 is 1.23 bits per heavy atom. The van der Waals surface area contributed by atoms with E-state index in [4.69, 9.17) is 0 Å². The van der Waals surface area contributed by atoms with E-state index in [9.17, 15) is 5.11 Å². The molecule has 0 aromatic heterocycles. The molecule has 2 atom stereocenters. The zero-order valence-electron chi connectivity index (χ0n) is 7.90. The number of rotatable bonds is 3. The molecule has 13 heavy (non-hydrogen) atoms. The third kappa shape index (κ3) is 3.35. The Bertz CT molecular complexity index is 228. The monoisotopic (exact) mass is 201 g/mol. The summed E-state index contributed by atoms with van der Waals surface area (Å²) in [7, 11) is 1.84. The van der Waals surface area contributed by atoms with Crippen molar-refractivity contribution in [2.75, 3.05) is 7.05 Å². The first-order valence-electron chi connectivity index (χ1n) is 4.16. The van der Waals surface area contributed by atoms with E-state index >= 15 is 0 Å². The van der Waals surface area contributed by atoms with Gasteiger partial charge in [-0.2, -0.15) is 0 Å². The minimum Gasteiger partial charge on any atom is -0.387 e. The number of aliphatic hydroxyl groups excluding tert-OH is 1. The van der Waals surface area contributed by atoms with Crippen LogP contribution in [0.3, 0.4) is 0 Å². The second kappa shape index (κ2) is 5.97. The van der Waals surface area contributed by atoms with Gasteiger partial charge in [-0.05, 0) is 19.5 Å². The van der Waals surface area contributed by atoms with Gasteiger partial charge in [-0.1, -0.05) is 30.3 Å². The van der Waals surface area contributed by atoms with Crippen molar-refractivity contribution in [3.05, 3.63) is 35.9 Å². The molecule has 1 rings (SSSR count). The van der Waals surface area contributed by atoms with E-state index in [0.29, 0.717) is 0 Å². The predicted molar refractivity (Wildman–Crippen MR) is 57.2 cm³/mol. The maximum atomic E-state index is 9.73. The third-order valence-electron chi connectivity index (χ3n) is 2.07. The first-order valence-corrected chi connectivity index (χ1v) is 4.16. The first-order chi connectivity index (χ1) is 5.75. The molecule has 0 saturated heterocycles. The van der Waals surface area contributed by atoms with Gasteiger partial charge in [0, 0.05) is 6.04 Å². The number of hydrogen-bond donors (Lipinski definition) is 2. The van der Waals surface area contributed by atoms with Gasteiger partial charge in [0.2, 0.25) is 0 Å². The lowest BCUT2D eigenvalue weighted by atomic mass is 10.0. The molecule has 2 nitrogen and oxygen atoms in total. The minimum atomic E-state index is -0.420. The van der Waals surface area contributed by atoms with Crippen LogP contribution >= 0.6 is 12.4 Å². The average molecular weight is 202 g/mol. The Morgan fingerprint density at radius 2 is 1.77 bits per heavy atom. The van der Waals surface area contributed by atoms with Crippen LogP contribution < -0.4 is 5.32 Å². The van der Waals surface area contributed by atoms with Gasteiger partial charge in [0.15, 0.2) is 0 Å². The number of hydrogen-bond acceptors (Lipinski definition) is 2. The van der Waals surface area contributed by atoms with Gasteiger partial charge in [-0.25, -0.2) is 0 Å². The summed E-state index contributed by atoms with van der Waals surface area (Å²) in [5.41, 5.74) is 0.958. The van der Waals surface area contributed by atoms with Crippen LogP contribution in [0.2, 0.25) is 0 Å². The van der Waals surface area contributed by atoms with Crippen molar-refractivity contribution in [1.29, 1.82) is 0 Å². The van der Waals surface area contributed by atoms with Gasteiger partial charge in [0.05, 0.1) is 6.10 Å². The Morgan fingerprint density at radius 3 is 2.23 bits per heavy atom. The molecular formula is C10H16ClNO. The molecule has 74 valence electrons. The summed E-state index contributed by atoms with van der Waals surface area (Å²) in [5.74, 6) is 0. The molecule has 0 aliphatic heterocycles. The summed E-state index contributed by atoms with van der Waals surface area (Å²) in [5, 5.41) is 12.7. The Labute approximate surface area is 85.4 Å². The third-order valence-corrected chi connectivity index (χ3v) is 2.07. The van der Waals surface area contributed by atoms with E-state index in [1.54, 1.807) is 0 Å². The summed E-state index contributed by atoms with van der Waals surface area (Å²) in [4.78, 5) is 0. The zero-order chi connectivity index (χ0) is 8.97. The van der Waals surface area contributed by atoms with Crippen molar-refractivity contribution >= 4 is 12.4 Å². The van der Waals surface area contributed by atoms with Gasteiger partial charge in [0.25, 0.3) is 0 Å². The summed E-state index contributed by atoms with van der Waals surface area (Å²) in [6, 6.07) is 9.76. The maximum absolute atomic E-state index is 9.73. The van der Waals surface area contributed by atoms with Crippen LogP contribution in [0.15, 0.2) is 30.3 Å². The summed E-state index contributed by atoms with van der Waals surface area (Å²) < 4.78 is 0. The molecule has 3 heteroatoms. The average Bonchev–Trinajstić information content (AvgIpc) is 2.17. The molecule has 0 heterocycles. The van der Waals surface area contributed by atoms with Gasteiger partial charge < -0.3 is 10.4 Å². The fourth-order valence-electron chi connectivity index (χ4n) is 1.10. The highest BCUT2D eigenvalue weighted by Crippen LogP contribution is 2.15. The Balaban J connectivity index is 0.00000144. The van der Waals surface area contributed by atoms with E-state index in [1.807, 2.05) is 44.3 Å². The molecule has 2 N–H and O–H groups in total. The maximum Gasteiger partial charge on any atom is 0.0940 e. The lowest BCUT2D eigenvalue weighted by Gasteiger charge is -2.17. The molecule has 1 unspecified atom stereocenters. The van der Waals surface area contributed by atoms with Crippen LogP contribution in [-0.2, 0) is 0 Å². The Hall–Kier alpha value is -0.570. The van der Waals surface area contributed by atoms with Crippen LogP contribution in [-0.4, -0.2) is 18.2 Å². The topological polar surface area (TPSA) is 32.3 Å². The number of likely N-dealkylation sites (N-methyl/N-ethyl adjacent to an activating group) is 1. The van der Waals surface area contributed by atoms with Gasteiger partial charge >= 0.3 is 0 Å². The van der Waals surface area contributed by atoms with Gasteiger partial charge in [-0.3, -0.25) is 0 Å². The summed E-state index contributed by atoms with van der Waals surface area (Å²) >= 11 is 0. The van der Waals surface area contributed by atoms with Crippen LogP contribution in [0, 0.1) is 0 Å². The lowest BCUT2D eigenvalue weighted by molar-refractivity contribution is 0.140. The fraction of sp³-hybridized carbons (Fsp3) is 0.400. The molecule has 0 radical (unpaired) electrons. The molecule has 0 saturated carbocycles. The van der Waals surface area contributed by atoms with Crippen molar-refractivity contribution < 1.29 is 5.11 Å². The number of halogens is 1. The van der Waals surface area contributed by atoms with Crippen molar-refractivity contribution in [2.24, 2.45) is 0 Å². The van der Waals surface area contributed by atoms with Gasteiger partial charge in [-0.15, -0.1) is 12.4 Å². The fourth-order valence-corrected chi connectivity index (χ4v) is 1.10. The summed E-state index contributed by atoms with van der Waals surface area (Å²) in [6.45, 7) is 1.96. The quantitative estimate of drug-likeness (QED) is 0.781. The van der Waals surface area contributed by atoms with E-state index in [-0.39, 0.29) is 18.4 Å². The molecule has 0 aliphatic carbocycles.